The minimum Gasteiger partial charge on any atom is -0.384 e. The summed E-state index contributed by atoms with van der Waals surface area (Å²) >= 11 is 0. The molecule has 2 rings (SSSR count). The highest BCUT2D eigenvalue weighted by Gasteiger charge is 2.21. The molecule has 112 valence electrons. The quantitative estimate of drug-likeness (QED) is 0.845. The smallest absolute Gasteiger partial charge is 0.0992 e. The summed E-state index contributed by atoms with van der Waals surface area (Å²) in [6, 6.07) is 18.4. The molecule has 21 heavy (non-hydrogen) atoms. The van der Waals surface area contributed by atoms with Crippen LogP contribution in [0.1, 0.15) is 43.4 Å². The number of hydrogen-bond donors (Lipinski definition) is 2. The first-order chi connectivity index (χ1) is 9.99. The highest BCUT2D eigenvalue weighted by Crippen LogP contribution is 2.19. The van der Waals surface area contributed by atoms with Crippen molar-refractivity contribution in [2.45, 2.75) is 38.8 Å². The van der Waals surface area contributed by atoms with Crippen molar-refractivity contribution in [3.05, 3.63) is 71.3 Å². The van der Waals surface area contributed by atoms with Gasteiger partial charge in [0.25, 0.3) is 0 Å². The van der Waals surface area contributed by atoms with Gasteiger partial charge in [-0.3, -0.25) is 0 Å². The molecule has 1 atom stereocenters. The van der Waals surface area contributed by atoms with Gasteiger partial charge in [-0.15, -0.1) is 0 Å². The first kappa shape index (κ1) is 15.7. The number of rotatable bonds is 6. The minimum absolute atomic E-state index is 0.531. The molecule has 2 aromatic carbocycles. The Balaban J connectivity index is 1.89. The predicted octanol–water partition coefficient (Wildman–Crippen LogP) is 3.81. The van der Waals surface area contributed by atoms with E-state index in [4.69, 9.17) is 0 Å². The summed E-state index contributed by atoms with van der Waals surface area (Å²) in [7, 11) is 0. The van der Waals surface area contributed by atoms with Gasteiger partial charge in [0.05, 0.1) is 5.60 Å². The Morgan fingerprint density at radius 3 is 2.19 bits per heavy atom. The van der Waals surface area contributed by atoms with Crippen molar-refractivity contribution in [2.75, 3.05) is 6.54 Å². The lowest BCUT2D eigenvalue weighted by atomic mass is 9.96. The molecule has 1 unspecified atom stereocenters. The normalized spacial score (nSPS) is 14.1. The van der Waals surface area contributed by atoms with Crippen LogP contribution < -0.4 is 5.32 Å². The highest BCUT2D eigenvalue weighted by molar-refractivity contribution is 5.25. The van der Waals surface area contributed by atoms with Crippen LogP contribution in [0.15, 0.2) is 54.6 Å². The molecule has 2 aromatic rings. The van der Waals surface area contributed by atoms with Gasteiger partial charge in [0.2, 0.25) is 0 Å². The first-order valence-corrected chi connectivity index (χ1v) is 7.56. The Labute approximate surface area is 127 Å². The van der Waals surface area contributed by atoms with Gasteiger partial charge in [-0.05, 0) is 29.5 Å². The lowest BCUT2D eigenvalue weighted by molar-refractivity contribution is 0.0567. The summed E-state index contributed by atoms with van der Waals surface area (Å²) in [5, 5.41) is 13.9. The average molecular weight is 283 g/mol. The molecule has 0 amide bonds. The SMILES string of the molecule is CC(C)c1ccc(CNCC(C)(O)c2ccccc2)cc1. The van der Waals surface area contributed by atoms with E-state index in [0.29, 0.717) is 12.5 Å². The third kappa shape index (κ3) is 4.42. The van der Waals surface area contributed by atoms with Gasteiger partial charge in [0.1, 0.15) is 0 Å². The van der Waals surface area contributed by atoms with Gasteiger partial charge in [0.15, 0.2) is 0 Å². The van der Waals surface area contributed by atoms with E-state index < -0.39 is 5.60 Å². The van der Waals surface area contributed by atoms with Crippen molar-refractivity contribution in [2.24, 2.45) is 0 Å². The molecule has 0 aromatic heterocycles. The van der Waals surface area contributed by atoms with Crippen LogP contribution in [0.3, 0.4) is 0 Å². The summed E-state index contributed by atoms with van der Waals surface area (Å²) in [6.07, 6.45) is 0. The van der Waals surface area contributed by atoms with E-state index in [1.807, 2.05) is 37.3 Å². The molecule has 0 aliphatic rings. The van der Waals surface area contributed by atoms with Crippen LogP contribution in [0.4, 0.5) is 0 Å². The molecular formula is C19H25NO. The molecule has 2 nitrogen and oxygen atoms in total. The van der Waals surface area contributed by atoms with Crippen molar-refractivity contribution in [3.8, 4) is 0 Å². The Kier molecular flexibility index (Phi) is 5.16. The molecule has 0 bridgehead atoms. The third-order valence-electron chi connectivity index (χ3n) is 3.84. The second-order valence-corrected chi connectivity index (χ2v) is 6.14. The van der Waals surface area contributed by atoms with Gasteiger partial charge in [-0.25, -0.2) is 0 Å². The summed E-state index contributed by atoms with van der Waals surface area (Å²) < 4.78 is 0. The Morgan fingerprint density at radius 1 is 1.00 bits per heavy atom. The van der Waals surface area contributed by atoms with E-state index in [2.05, 4.69) is 43.4 Å². The standard InChI is InChI=1S/C19H25NO/c1-15(2)17-11-9-16(10-12-17)13-20-14-19(3,21)18-7-5-4-6-8-18/h4-12,15,20-21H,13-14H2,1-3H3. The first-order valence-electron chi connectivity index (χ1n) is 7.56. The van der Waals surface area contributed by atoms with Crippen LogP contribution in [0, 0.1) is 0 Å². The summed E-state index contributed by atoms with van der Waals surface area (Å²) in [5.74, 6) is 0.561. The molecule has 0 heterocycles. The van der Waals surface area contributed by atoms with Crippen molar-refractivity contribution in [3.63, 3.8) is 0 Å². The maximum atomic E-state index is 10.5. The van der Waals surface area contributed by atoms with Crippen molar-refractivity contribution >= 4 is 0 Å². The number of benzene rings is 2. The van der Waals surface area contributed by atoms with Gasteiger partial charge in [-0.1, -0.05) is 68.4 Å². The summed E-state index contributed by atoms with van der Waals surface area (Å²) in [5.41, 5.74) is 2.69. The Bertz CT molecular complexity index is 544. The van der Waals surface area contributed by atoms with E-state index in [1.54, 1.807) is 0 Å². The zero-order valence-corrected chi connectivity index (χ0v) is 13.1. The summed E-state index contributed by atoms with van der Waals surface area (Å²) in [4.78, 5) is 0. The predicted molar refractivity (Wildman–Crippen MR) is 88.3 cm³/mol. The molecule has 0 fully saturated rings. The van der Waals surface area contributed by atoms with Crippen LogP contribution >= 0.6 is 0 Å². The zero-order chi connectivity index (χ0) is 15.3. The van der Waals surface area contributed by atoms with Crippen molar-refractivity contribution in [1.29, 1.82) is 0 Å². The maximum Gasteiger partial charge on any atom is 0.0992 e. The van der Waals surface area contributed by atoms with E-state index in [9.17, 15) is 5.11 Å². The van der Waals surface area contributed by atoms with Gasteiger partial charge < -0.3 is 10.4 Å². The number of nitrogens with one attached hydrogen (secondary N) is 1. The lowest BCUT2D eigenvalue weighted by Gasteiger charge is -2.24. The molecule has 2 N–H and O–H groups in total. The molecular weight excluding hydrogens is 258 g/mol. The van der Waals surface area contributed by atoms with Crippen LogP contribution in [-0.4, -0.2) is 11.7 Å². The second kappa shape index (κ2) is 6.88. The van der Waals surface area contributed by atoms with Crippen LogP contribution in [0.2, 0.25) is 0 Å². The third-order valence-corrected chi connectivity index (χ3v) is 3.84. The fourth-order valence-electron chi connectivity index (χ4n) is 2.37. The fraction of sp³-hybridized carbons (Fsp3) is 0.368. The van der Waals surface area contributed by atoms with Crippen LogP contribution in [0.5, 0.6) is 0 Å². The van der Waals surface area contributed by atoms with E-state index in [0.717, 1.165) is 12.1 Å². The zero-order valence-electron chi connectivity index (χ0n) is 13.1. The Morgan fingerprint density at radius 2 is 1.62 bits per heavy atom. The van der Waals surface area contributed by atoms with Gasteiger partial charge in [0, 0.05) is 13.1 Å². The van der Waals surface area contributed by atoms with Crippen LogP contribution in [0.25, 0.3) is 0 Å². The number of aliphatic hydroxyl groups is 1. The average Bonchev–Trinajstić information content (AvgIpc) is 2.48. The van der Waals surface area contributed by atoms with E-state index >= 15 is 0 Å². The number of hydrogen-bond acceptors (Lipinski definition) is 2. The molecule has 0 saturated heterocycles. The van der Waals surface area contributed by atoms with E-state index in [1.165, 1.54) is 11.1 Å². The Hall–Kier alpha value is -1.64. The maximum absolute atomic E-state index is 10.5. The topological polar surface area (TPSA) is 32.3 Å². The van der Waals surface area contributed by atoms with Crippen molar-refractivity contribution < 1.29 is 5.11 Å². The molecule has 0 aliphatic heterocycles. The largest absolute Gasteiger partial charge is 0.384 e. The summed E-state index contributed by atoms with van der Waals surface area (Å²) in [6.45, 7) is 7.54. The molecule has 0 radical (unpaired) electrons. The fourth-order valence-corrected chi connectivity index (χ4v) is 2.37. The highest BCUT2D eigenvalue weighted by atomic mass is 16.3. The second-order valence-electron chi connectivity index (χ2n) is 6.14. The molecule has 0 spiro atoms. The minimum atomic E-state index is -0.848. The van der Waals surface area contributed by atoms with Crippen LogP contribution in [-0.2, 0) is 12.1 Å². The van der Waals surface area contributed by atoms with Gasteiger partial charge >= 0.3 is 0 Å². The monoisotopic (exact) mass is 283 g/mol. The van der Waals surface area contributed by atoms with E-state index in [-0.39, 0.29) is 0 Å². The van der Waals surface area contributed by atoms with Gasteiger partial charge in [-0.2, -0.15) is 0 Å². The molecule has 0 saturated carbocycles. The molecule has 0 aliphatic carbocycles. The molecule has 2 heteroatoms. The van der Waals surface area contributed by atoms with Crippen molar-refractivity contribution in [1.82, 2.24) is 5.32 Å². The lowest BCUT2D eigenvalue weighted by Crippen LogP contribution is -2.35.